The Morgan fingerprint density at radius 3 is 2.90 bits per heavy atom. The zero-order chi connectivity index (χ0) is 15.1. The van der Waals surface area contributed by atoms with Crippen molar-refractivity contribution in [3.63, 3.8) is 0 Å². The Hall–Kier alpha value is -2.14. The highest BCUT2D eigenvalue weighted by Gasteiger charge is 2.03. The van der Waals surface area contributed by atoms with Gasteiger partial charge in [0.1, 0.15) is 0 Å². The summed E-state index contributed by atoms with van der Waals surface area (Å²) in [5.41, 5.74) is 8.13. The summed E-state index contributed by atoms with van der Waals surface area (Å²) in [5.74, 6) is -0.378. The van der Waals surface area contributed by atoms with Gasteiger partial charge >= 0.3 is 0 Å². The van der Waals surface area contributed by atoms with E-state index >= 15 is 0 Å². The monoisotopic (exact) mass is 286 g/mol. The summed E-state index contributed by atoms with van der Waals surface area (Å²) in [7, 11) is 0. The summed E-state index contributed by atoms with van der Waals surface area (Å²) in [6.45, 7) is 4.80. The first-order valence-corrected chi connectivity index (χ1v) is 7.22. The van der Waals surface area contributed by atoms with Crippen molar-refractivity contribution >= 4 is 5.91 Å². The number of nitrogens with two attached hydrogens (primary N) is 1. The predicted octanol–water partition coefficient (Wildman–Crippen LogP) is 1.86. The normalized spacial score (nSPS) is 10.7. The molecule has 0 unspecified atom stereocenters. The molecule has 1 heterocycles. The van der Waals surface area contributed by atoms with Gasteiger partial charge in [0.2, 0.25) is 5.91 Å². The summed E-state index contributed by atoms with van der Waals surface area (Å²) in [5, 5.41) is 3.43. The molecule has 0 spiro atoms. The Bertz CT molecular complexity index is 578. The maximum atomic E-state index is 11.1. The van der Waals surface area contributed by atoms with Gasteiger partial charge in [0.05, 0.1) is 6.33 Å². The van der Waals surface area contributed by atoms with Crippen LogP contribution in [0.2, 0.25) is 0 Å². The average Bonchev–Trinajstić information content (AvgIpc) is 2.97. The highest BCUT2D eigenvalue weighted by Crippen LogP contribution is 2.10. The molecular weight excluding hydrogens is 264 g/mol. The van der Waals surface area contributed by atoms with Crippen LogP contribution >= 0.6 is 0 Å². The highest BCUT2D eigenvalue weighted by molar-refractivity contribution is 5.93. The zero-order valence-corrected chi connectivity index (χ0v) is 12.4. The molecule has 0 bridgehead atoms. The second-order valence-corrected chi connectivity index (χ2v) is 5.19. The van der Waals surface area contributed by atoms with E-state index in [2.05, 4.69) is 14.9 Å². The molecule has 1 amide bonds. The van der Waals surface area contributed by atoms with Gasteiger partial charge in [0, 0.05) is 31.0 Å². The van der Waals surface area contributed by atoms with Crippen LogP contribution in [0.1, 0.15) is 34.3 Å². The van der Waals surface area contributed by atoms with E-state index in [0.29, 0.717) is 5.56 Å². The molecule has 0 saturated heterocycles. The fraction of sp³-hybridized carbons (Fsp3) is 0.375. The van der Waals surface area contributed by atoms with E-state index < -0.39 is 0 Å². The number of primary amides is 1. The van der Waals surface area contributed by atoms with Crippen molar-refractivity contribution in [1.82, 2.24) is 14.9 Å². The van der Waals surface area contributed by atoms with Gasteiger partial charge in [0.15, 0.2) is 0 Å². The van der Waals surface area contributed by atoms with Crippen molar-refractivity contribution in [2.45, 2.75) is 32.9 Å². The van der Waals surface area contributed by atoms with Crippen LogP contribution in [0.5, 0.6) is 0 Å². The first-order valence-electron chi connectivity index (χ1n) is 7.22. The van der Waals surface area contributed by atoms with Gasteiger partial charge in [-0.2, -0.15) is 0 Å². The lowest BCUT2D eigenvalue weighted by Gasteiger charge is -2.09. The predicted molar refractivity (Wildman–Crippen MR) is 82.9 cm³/mol. The lowest BCUT2D eigenvalue weighted by atomic mass is 10.0. The average molecular weight is 286 g/mol. The third-order valence-electron chi connectivity index (χ3n) is 3.52. The summed E-state index contributed by atoms with van der Waals surface area (Å²) in [6.07, 6.45) is 7.88. The molecule has 5 nitrogen and oxygen atoms in total. The highest BCUT2D eigenvalue weighted by atomic mass is 16.1. The molecule has 5 heteroatoms. The van der Waals surface area contributed by atoms with Gasteiger partial charge in [-0.3, -0.25) is 4.79 Å². The van der Waals surface area contributed by atoms with E-state index in [-0.39, 0.29) is 5.91 Å². The van der Waals surface area contributed by atoms with Crippen LogP contribution in [-0.4, -0.2) is 22.0 Å². The minimum atomic E-state index is -0.378. The number of imidazole rings is 1. The Labute approximate surface area is 125 Å². The van der Waals surface area contributed by atoms with Crippen molar-refractivity contribution in [2.24, 2.45) is 5.73 Å². The van der Waals surface area contributed by atoms with E-state index in [1.807, 2.05) is 31.6 Å². The third-order valence-corrected chi connectivity index (χ3v) is 3.52. The zero-order valence-electron chi connectivity index (χ0n) is 12.4. The molecule has 0 fully saturated rings. The van der Waals surface area contributed by atoms with Gasteiger partial charge in [0.25, 0.3) is 0 Å². The molecular formula is C16H22N4O. The molecule has 2 aromatic rings. The largest absolute Gasteiger partial charge is 0.366 e. The van der Waals surface area contributed by atoms with Crippen molar-refractivity contribution in [3.8, 4) is 0 Å². The number of aryl methyl sites for hydroxylation is 2. The molecule has 0 aliphatic heterocycles. The van der Waals surface area contributed by atoms with Gasteiger partial charge in [-0.15, -0.1) is 0 Å². The third kappa shape index (κ3) is 4.72. The lowest BCUT2D eigenvalue weighted by molar-refractivity contribution is 0.1000. The first kappa shape index (κ1) is 15.3. The van der Waals surface area contributed by atoms with Crippen LogP contribution in [0, 0.1) is 6.92 Å². The lowest BCUT2D eigenvalue weighted by Crippen LogP contribution is -2.17. The molecule has 1 aromatic carbocycles. The van der Waals surface area contributed by atoms with Crippen LogP contribution in [-0.2, 0) is 13.1 Å². The standard InChI is InChI=1S/C16H22N4O/c1-13-10-14(16(17)21)4-5-15(13)11-18-6-2-3-8-20-9-7-19-12-20/h4-5,7,9-10,12,18H,2-3,6,8,11H2,1H3,(H2,17,21). The van der Waals surface area contributed by atoms with Gasteiger partial charge in [-0.05, 0) is 49.6 Å². The van der Waals surface area contributed by atoms with Crippen molar-refractivity contribution < 1.29 is 4.79 Å². The van der Waals surface area contributed by atoms with Crippen LogP contribution in [0.15, 0.2) is 36.9 Å². The Morgan fingerprint density at radius 2 is 2.24 bits per heavy atom. The first-order chi connectivity index (χ1) is 10.2. The van der Waals surface area contributed by atoms with E-state index in [9.17, 15) is 4.79 Å². The number of hydrogen-bond acceptors (Lipinski definition) is 3. The molecule has 0 saturated carbocycles. The fourth-order valence-electron chi connectivity index (χ4n) is 2.23. The smallest absolute Gasteiger partial charge is 0.248 e. The van der Waals surface area contributed by atoms with E-state index in [1.54, 1.807) is 12.3 Å². The van der Waals surface area contributed by atoms with E-state index in [4.69, 9.17) is 5.73 Å². The molecule has 3 N–H and O–H groups in total. The second kappa shape index (κ2) is 7.59. The number of rotatable bonds is 8. The van der Waals surface area contributed by atoms with Gasteiger partial charge in [-0.25, -0.2) is 4.98 Å². The molecule has 0 radical (unpaired) electrons. The second-order valence-electron chi connectivity index (χ2n) is 5.19. The summed E-state index contributed by atoms with van der Waals surface area (Å²) in [4.78, 5) is 15.1. The van der Waals surface area contributed by atoms with Crippen LogP contribution in [0.3, 0.4) is 0 Å². The molecule has 21 heavy (non-hydrogen) atoms. The Kier molecular flexibility index (Phi) is 5.51. The number of amides is 1. The number of nitrogens with one attached hydrogen (secondary N) is 1. The minimum Gasteiger partial charge on any atom is -0.366 e. The number of nitrogens with zero attached hydrogens (tertiary/aromatic N) is 2. The maximum absolute atomic E-state index is 11.1. The number of carbonyl (C=O) groups excluding carboxylic acids is 1. The van der Waals surface area contributed by atoms with Gasteiger partial charge in [-0.1, -0.05) is 6.07 Å². The summed E-state index contributed by atoms with van der Waals surface area (Å²) < 4.78 is 2.09. The quantitative estimate of drug-likeness (QED) is 0.727. The van der Waals surface area contributed by atoms with Crippen LogP contribution < -0.4 is 11.1 Å². The fourth-order valence-corrected chi connectivity index (χ4v) is 2.23. The van der Waals surface area contributed by atoms with Crippen LogP contribution in [0.4, 0.5) is 0 Å². The topological polar surface area (TPSA) is 72.9 Å². The van der Waals surface area contributed by atoms with Crippen molar-refractivity contribution in [3.05, 3.63) is 53.6 Å². The van der Waals surface area contributed by atoms with E-state index in [0.717, 1.165) is 38.0 Å². The van der Waals surface area contributed by atoms with Gasteiger partial charge < -0.3 is 15.6 Å². The van der Waals surface area contributed by atoms with E-state index in [1.165, 1.54) is 5.56 Å². The molecule has 112 valence electrons. The molecule has 0 aliphatic rings. The number of carbonyl (C=O) groups is 1. The molecule has 0 atom stereocenters. The maximum Gasteiger partial charge on any atom is 0.248 e. The molecule has 2 rings (SSSR count). The number of hydrogen-bond donors (Lipinski definition) is 2. The van der Waals surface area contributed by atoms with Crippen molar-refractivity contribution in [1.29, 1.82) is 0 Å². The Morgan fingerprint density at radius 1 is 1.38 bits per heavy atom. The summed E-state index contributed by atoms with van der Waals surface area (Å²) >= 11 is 0. The minimum absolute atomic E-state index is 0.378. The number of aromatic nitrogens is 2. The molecule has 0 aliphatic carbocycles. The van der Waals surface area contributed by atoms with Crippen molar-refractivity contribution in [2.75, 3.05) is 6.54 Å². The SMILES string of the molecule is Cc1cc(C(N)=O)ccc1CNCCCCn1ccnc1. The molecule has 1 aromatic heterocycles. The summed E-state index contributed by atoms with van der Waals surface area (Å²) in [6, 6.07) is 5.59. The number of benzene rings is 1. The number of unbranched alkanes of at least 4 members (excludes halogenated alkanes) is 1. The van der Waals surface area contributed by atoms with Crippen LogP contribution in [0.25, 0.3) is 0 Å². The Balaban J connectivity index is 1.67.